The van der Waals surface area contributed by atoms with Gasteiger partial charge in [0.2, 0.25) is 0 Å². The Morgan fingerprint density at radius 3 is 2.78 bits per heavy atom. The lowest BCUT2D eigenvalue weighted by atomic mass is 10.2. The van der Waals surface area contributed by atoms with Crippen molar-refractivity contribution in [3.8, 4) is 0 Å². The van der Waals surface area contributed by atoms with Crippen LogP contribution in [0, 0.1) is 0 Å². The molecule has 5 heteroatoms. The minimum Gasteiger partial charge on any atom is -0.465 e. The first-order valence-electron chi connectivity index (χ1n) is 5.73. The maximum Gasteiger partial charge on any atom is 0.326 e. The van der Waals surface area contributed by atoms with Crippen molar-refractivity contribution in [1.29, 1.82) is 0 Å². The van der Waals surface area contributed by atoms with Gasteiger partial charge >= 0.3 is 5.97 Å². The van der Waals surface area contributed by atoms with Crippen molar-refractivity contribution in [3.63, 3.8) is 0 Å². The third-order valence-corrected chi connectivity index (χ3v) is 5.52. The van der Waals surface area contributed by atoms with E-state index in [0.29, 0.717) is 12.4 Å². The molecule has 0 aromatic heterocycles. The first-order chi connectivity index (χ1) is 8.72. The third kappa shape index (κ3) is 3.09. The van der Waals surface area contributed by atoms with E-state index in [2.05, 4.69) is 0 Å². The molecule has 0 aliphatic carbocycles. The van der Waals surface area contributed by atoms with Crippen molar-refractivity contribution in [2.75, 3.05) is 12.4 Å². The number of hydrogen-bond donors (Lipinski definition) is 0. The first kappa shape index (κ1) is 13.5. The smallest absolute Gasteiger partial charge is 0.326 e. The monoisotopic (exact) mass is 282 g/mol. The molecule has 1 fully saturated rings. The summed E-state index contributed by atoms with van der Waals surface area (Å²) in [6.45, 7) is 2.06. The number of carbonyl (C=O) groups excluding carboxylic acids is 2. The number of ether oxygens (including phenoxy) is 1. The van der Waals surface area contributed by atoms with Gasteiger partial charge in [-0.2, -0.15) is 0 Å². The van der Waals surface area contributed by atoms with E-state index in [-0.39, 0.29) is 10.4 Å². The summed E-state index contributed by atoms with van der Waals surface area (Å²) in [4.78, 5) is 23.5. The van der Waals surface area contributed by atoms with Gasteiger partial charge in [-0.25, -0.2) is 0 Å². The van der Waals surface area contributed by atoms with Crippen molar-refractivity contribution < 1.29 is 14.3 Å². The van der Waals surface area contributed by atoms with Gasteiger partial charge in [-0.3, -0.25) is 9.59 Å². The van der Waals surface area contributed by atoms with Gasteiger partial charge in [0.15, 0.2) is 11.0 Å². The van der Waals surface area contributed by atoms with E-state index in [4.69, 9.17) is 4.74 Å². The molecule has 0 spiro atoms. The van der Waals surface area contributed by atoms with Crippen LogP contribution in [0.5, 0.6) is 0 Å². The molecular formula is C13H14O3S2. The highest BCUT2D eigenvalue weighted by Gasteiger charge is 2.36. The molecule has 3 nitrogen and oxygen atoms in total. The van der Waals surface area contributed by atoms with Crippen LogP contribution in [0.4, 0.5) is 0 Å². The molecule has 0 saturated carbocycles. The number of benzene rings is 1. The van der Waals surface area contributed by atoms with Crippen LogP contribution < -0.4 is 0 Å². The predicted octanol–water partition coefficient (Wildman–Crippen LogP) is 2.67. The van der Waals surface area contributed by atoms with Gasteiger partial charge in [0, 0.05) is 0 Å². The second kappa shape index (κ2) is 6.29. The van der Waals surface area contributed by atoms with Crippen LogP contribution in [0.3, 0.4) is 0 Å². The average molecular weight is 282 g/mol. The van der Waals surface area contributed by atoms with Crippen LogP contribution in [0.15, 0.2) is 30.3 Å². The fourth-order valence-corrected chi connectivity index (χ4v) is 4.43. The normalized spacial score (nSPS) is 23.7. The summed E-state index contributed by atoms with van der Waals surface area (Å²) in [5.74, 6) is -0.0832. The molecule has 96 valence electrons. The highest BCUT2D eigenvalue weighted by molar-refractivity contribution is 8.18. The molecule has 1 aliphatic heterocycles. The predicted molar refractivity (Wildman–Crippen MR) is 74.7 cm³/mol. The van der Waals surface area contributed by atoms with Crippen LogP contribution in [0.25, 0.3) is 0 Å². The van der Waals surface area contributed by atoms with Crippen molar-refractivity contribution in [3.05, 3.63) is 35.9 Å². The zero-order valence-corrected chi connectivity index (χ0v) is 11.6. The number of carbonyl (C=O) groups is 2. The van der Waals surface area contributed by atoms with E-state index >= 15 is 0 Å². The quantitative estimate of drug-likeness (QED) is 0.630. The molecule has 1 aromatic carbocycles. The lowest BCUT2D eigenvalue weighted by molar-refractivity contribution is -0.144. The fourth-order valence-electron chi connectivity index (χ4n) is 1.66. The molecule has 0 unspecified atom stereocenters. The number of hydrogen-bond acceptors (Lipinski definition) is 5. The Hall–Kier alpha value is -0.940. The van der Waals surface area contributed by atoms with Gasteiger partial charge in [0.05, 0.1) is 16.9 Å². The summed E-state index contributed by atoms with van der Waals surface area (Å²) < 4.78 is 5.07. The maximum absolute atomic E-state index is 11.7. The summed E-state index contributed by atoms with van der Waals surface area (Å²) in [6.07, 6.45) is 0. The number of thioether (sulfide) groups is 2. The minimum absolute atomic E-state index is 0.0457. The fraction of sp³-hybridized carbons (Fsp3) is 0.385. The number of ketones is 1. The van der Waals surface area contributed by atoms with Crippen LogP contribution in [0.1, 0.15) is 17.1 Å². The Morgan fingerprint density at radius 2 is 2.11 bits per heavy atom. The molecule has 0 radical (unpaired) electrons. The number of esters is 1. The molecule has 18 heavy (non-hydrogen) atoms. The van der Waals surface area contributed by atoms with Crippen LogP contribution in [-0.2, 0) is 14.3 Å². The minimum atomic E-state index is -0.670. The molecule has 1 saturated heterocycles. The van der Waals surface area contributed by atoms with E-state index < -0.39 is 11.2 Å². The highest BCUT2D eigenvalue weighted by atomic mass is 32.2. The summed E-state index contributed by atoms with van der Waals surface area (Å²) in [5.41, 5.74) is 1.13. The van der Waals surface area contributed by atoms with Crippen molar-refractivity contribution >= 4 is 35.3 Å². The zero-order chi connectivity index (χ0) is 13.0. The molecular weight excluding hydrogens is 268 g/mol. The maximum atomic E-state index is 11.7. The number of Topliss-reactive ketones (excluding diaryl/α,β-unsaturated/α-hetero) is 1. The van der Waals surface area contributed by atoms with Crippen LogP contribution in [0.2, 0.25) is 0 Å². The molecule has 1 aliphatic rings. The Bertz CT molecular complexity index is 433. The van der Waals surface area contributed by atoms with Crippen molar-refractivity contribution in [2.45, 2.75) is 16.8 Å². The molecule has 1 aromatic rings. The van der Waals surface area contributed by atoms with Crippen LogP contribution >= 0.6 is 23.5 Å². The van der Waals surface area contributed by atoms with Gasteiger partial charge in [-0.05, 0) is 12.5 Å². The molecule has 2 atom stereocenters. The second-order valence-electron chi connectivity index (χ2n) is 3.79. The number of rotatable bonds is 3. The summed E-state index contributed by atoms with van der Waals surface area (Å²) in [6, 6.07) is 9.92. The Morgan fingerprint density at radius 1 is 1.39 bits per heavy atom. The largest absolute Gasteiger partial charge is 0.465 e. The van der Waals surface area contributed by atoms with Gasteiger partial charge in [0.25, 0.3) is 0 Å². The van der Waals surface area contributed by atoms with Crippen molar-refractivity contribution in [2.24, 2.45) is 0 Å². The highest BCUT2D eigenvalue weighted by Crippen LogP contribution is 2.46. The van der Waals surface area contributed by atoms with E-state index in [1.165, 1.54) is 11.8 Å². The summed E-state index contributed by atoms with van der Waals surface area (Å²) in [7, 11) is 0. The third-order valence-electron chi connectivity index (χ3n) is 2.50. The summed E-state index contributed by atoms with van der Waals surface area (Å²) >= 11 is 2.95. The van der Waals surface area contributed by atoms with Crippen LogP contribution in [-0.4, -0.2) is 29.4 Å². The SMILES string of the molecule is CCOC(=O)[C@H]1S[C@@H](c2ccccc2)SCC1=O. The van der Waals surface area contributed by atoms with E-state index in [1.807, 2.05) is 30.3 Å². The zero-order valence-electron chi connectivity index (χ0n) is 10.00. The molecule has 0 amide bonds. The lowest BCUT2D eigenvalue weighted by Gasteiger charge is -2.26. The summed E-state index contributed by atoms with van der Waals surface area (Å²) in [5, 5.41) is -0.670. The molecule has 1 heterocycles. The van der Waals surface area contributed by atoms with Gasteiger partial charge in [-0.15, -0.1) is 23.5 Å². The average Bonchev–Trinajstić information content (AvgIpc) is 2.40. The van der Waals surface area contributed by atoms with Crippen molar-refractivity contribution in [1.82, 2.24) is 0 Å². The topological polar surface area (TPSA) is 43.4 Å². The Labute approximate surface area is 115 Å². The van der Waals surface area contributed by atoms with E-state index in [9.17, 15) is 9.59 Å². The molecule has 0 N–H and O–H groups in total. The lowest BCUT2D eigenvalue weighted by Crippen LogP contribution is -2.33. The second-order valence-corrected chi connectivity index (χ2v) is 6.39. The van der Waals surface area contributed by atoms with Gasteiger partial charge < -0.3 is 4.74 Å². The Kier molecular flexibility index (Phi) is 4.72. The van der Waals surface area contributed by atoms with Gasteiger partial charge in [0.1, 0.15) is 0 Å². The molecule has 2 rings (SSSR count). The van der Waals surface area contributed by atoms with Gasteiger partial charge in [-0.1, -0.05) is 30.3 Å². The Balaban J connectivity index is 2.09. The molecule has 0 bridgehead atoms. The van der Waals surface area contributed by atoms with E-state index in [1.54, 1.807) is 18.7 Å². The first-order valence-corrected chi connectivity index (χ1v) is 7.73. The van der Waals surface area contributed by atoms with E-state index in [0.717, 1.165) is 5.56 Å². The standard InChI is InChI=1S/C13H14O3S2/c1-2-16-12(15)11-10(14)8-17-13(18-11)9-6-4-3-5-7-9/h3-7,11,13H,2,8H2,1H3/t11-,13-/m0/s1.